The van der Waals surface area contributed by atoms with E-state index in [1.807, 2.05) is 0 Å². The van der Waals surface area contributed by atoms with Gasteiger partial charge in [-0.05, 0) is 18.8 Å². The highest BCUT2D eigenvalue weighted by molar-refractivity contribution is 4.53. The van der Waals surface area contributed by atoms with Gasteiger partial charge in [-0.1, -0.05) is 20.3 Å². The van der Waals surface area contributed by atoms with Crippen molar-refractivity contribution >= 4 is 0 Å². The summed E-state index contributed by atoms with van der Waals surface area (Å²) in [5.41, 5.74) is 0. The quantitative estimate of drug-likeness (QED) is 0.612. The van der Waals surface area contributed by atoms with Crippen LogP contribution in [0.25, 0.3) is 0 Å². The number of ether oxygens (including phenoxy) is 3. The van der Waals surface area contributed by atoms with Crippen LogP contribution in [0.5, 0.6) is 0 Å². The van der Waals surface area contributed by atoms with Crippen molar-refractivity contribution in [3.05, 3.63) is 0 Å². The van der Waals surface area contributed by atoms with Gasteiger partial charge in [0.05, 0.1) is 19.8 Å². The number of hydrogen-bond acceptors (Lipinski definition) is 3. The Hall–Kier alpha value is -0.120. The zero-order valence-corrected chi connectivity index (χ0v) is 10.0. The molecule has 0 bridgehead atoms. The van der Waals surface area contributed by atoms with Gasteiger partial charge in [0.2, 0.25) is 0 Å². The van der Waals surface area contributed by atoms with Gasteiger partial charge in [-0.2, -0.15) is 0 Å². The molecule has 0 aliphatic carbocycles. The Morgan fingerprint density at radius 2 is 2.07 bits per heavy atom. The van der Waals surface area contributed by atoms with Crippen LogP contribution in [0.4, 0.5) is 0 Å². The van der Waals surface area contributed by atoms with Gasteiger partial charge in [0.15, 0.2) is 6.29 Å². The second-order valence-electron chi connectivity index (χ2n) is 4.28. The minimum absolute atomic E-state index is 0.0276. The summed E-state index contributed by atoms with van der Waals surface area (Å²) in [4.78, 5) is 0. The zero-order valence-electron chi connectivity index (χ0n) is 10.0. The molecule has 1 fully saturated rings. The Kier molecular flexibility index (Phi) is 6.98. The van der Waals surface area contributed by atoms with Crippen LogP contribution in [0.1, 0.15) is 39.5 Å². The van der Waals surface area contributed by atoms with E-state index < -0.39 is 0 Å². The van der Waals surface area contributed by atoms with Gasteiger partial charge in [0.25, 0.3) is 0 Å². The molecule has 1 unspecified atom stereocenters. The van der Waals surface area contributed by atoms with Gasteiger partial charge in [-0.25, -0.2) is 0 Å². The monoisotopic (exact) mass is 216 g/mol. The highest BCUT2D eigenvalue weighted by atomic mass is 16.7. The summed E-state index contributed by atoms with van der Waals surface area (Å²) in [5, 5.41) is 0. The van der Waals surface area contributed by atoms with E-state index in [-0.39, 0.29) is 6.29 Å². The maximum atomic E-state index is 5.59. The fraction of sp³-hybridized carbons (Fsp3) is 1.00. The van der Waals surface area contributed by atoms with E-state index in [9.17, 15) is 0 Å². The molecule has 0 radical (unpaired) electrons. The summed E-state index contributed by atoms with van der Waals surface area (Å²) in [6.07, 6.45) is 4.33. The first-order valence-electron chi connectivity index (χ1n) is 6.14. The van der Waals surface area contributed by atoms with Crippen molar-refractivity contribution in [3.8, 4) is 0 Å². The van der Waals surface area contributed by atoms with Gasteiger partial charge in [-0.15, -0.1) is 0 Å². The van der Waals surface area contributed by atoms with Crippen molar-refractivity contribution < 1.29 is 14.2 Å². The highest BCUT2D eigenvalue weighted by Gasteiger charge is 2.13. The molecule has 1 atom stereocenters. The molecule has 1 aliphatic heterocycles. The molecule has 3 heteroatoms. The van der Waals surface area contributed by atoms with Crippen molar-refractivity contribution in [3.63, 3.8) is 0 Å². The van der Waals surface area contributed by atoms with E-state index in [1.165, 1.54) is 12.8 Å². The molecule has 0 saturated carbocycles. The lowest BCUT2D eigenvalue weighted by Gasteiger charge is -2.23. The third-order valence-corrected chi connectivity index (χ3v) is 2.58. The fourth-order valence-electron chi connectivity index (χ4n) is 1.74. The maximum absolute atomic E-state index is 5.59. The predicted molar refractivity (Wildman–Crippen MR) is 59.8 cm³/mol. The number of hydrogen-bond donors (Lipinski definition) is 0. The van der Waals surface area contributed by atoms with Crippen molar-refractivity contribution in [2.24, 2.45) is 5.92 Å². The Morgan fingerprint density at radius 1 is 1.33 bits per heavy atom. The van der Waals surface area contributed by atoms with Gasteiger partial charge in [-0.3, -0.25) is 0 Å². The van der Waals surface area contributed by atoms with Crippen molar-refractivity contribution in [1.82, 2.24) is 0 Å². The lowest BCUT2D eigenvalue weighted by atomic mass is 10.1. The van der Waals surface area contributed by atoms with Crippen molar-refractivity contribution in [2.45, 2.75) is 45.8 Å². The molecule has 0 aromatic carbocycles. The topological polar surface area (TPSA) is 27.7 Å². The Bertz CT molecular complexity index is 144. The lowest BCUT2D eigenvalue weighted by molar-refractivity contribution is -0.186. The SMILES string of the molecule is CCCC(C)COCCC1OCCCO1. The second kappa shape index (κ2) is 8.08. The van der Waals surface area contributed by atoms with E-state index in [0.717, 1.165) is 39.3 Å². The highest BCUT2D eigenvalue weighted by Crippen LogP contribution is 2.09. The molecule has 0 amide bonds. The maximum Gasteiger partial charge on any atom is 0.159 e. The van der Waals surface area contributed by atoms with Gasteiger partial charge >= 0.3 is 0 Å². The first-order valence-corrected chi connectivity index (χ1v) is 6.14. The summed E-state index contributed by atoms with van der Waals surface area (Å²) >= 11 is 0. The van der Waals surface area contributed by atoms with Crippen LogP contribution in [-0.2, 0) is 14.2 Å². The molecular weight excluding hydrogens is 192 g/mol. The van der Waals surface area contributed by atoms with Crippen molar-refractivity contribution in [1.29, 1.82) is 0 Å². The second-order valence-corrected chi connectivity index (χ2v) is 4.28. The number of rotatable bonds is 7. The largest absolute Gasteiger partial charge is 0.381 e. The smallest absolute Gasteiger partial charge is 0.159 e. The molecule has 1 aliphatic rings. The minimum Gasteiger partial charge on any atom is -0.381 e. The van der Waals surface area contributed by atoms with Crippen LogP contribution in [0.3, 0.4) is 0 Å². The van der Waals surface area contributed by atoms with Crippen LogP contribution >= 0.6 is 0 Å². The molecule has 0 N–H and O–H groups in total. The Morgan fingerprint density at radius 3 is 2.73 bits per heavy atom. The fourth-order valence-corrected chi connectivity index (χ4v) is 1.74. The lowest BCUT2D eigenvalue weighted by Crippen LogP contribution is -2.26. The van der Waals surface area contributed by atoms with E-state index in [4.69, 9.17) is 14.2 Å². The average Bonchev–Trinajstić information content (AvgIpc) is 2.26. The molecule has 0 aromatic rings. The first kappa shape index (κ1) is 12.9. The van der Waals surface area contributed by atoms with Crippen LogP contribution in [-0.4, -0.2) is 32.7 Å². The van der Waals surface area contributed by atoms with E-state index >= 15 is 0 Å². The Labute approximate surface area is 93.1 Å². The molecule has 1 saturated heterocycles. The Balaban J connectivity index is 1.91. The third kappa shape index (κ3) is 6.13. The van der Waals surface area contributed by atoms with Crippen LogP contribution in [0, 0.1) is 5.92 Å². The molecule has 0 aromatic heterocycles. The van der Waals surface area contributed by atoms with E-state index in [0.29, 0.717) is 5.92 Å². The normalized spacial score (nSPS) is 20.4. The van der Waals surface area contributed by atoms with E-state index in [1.54, 1.807) is 0 Å². The molecule has 1 rings (SSSR count). The predicted octanol–water partition coefficient (Wildman–Crippen LogP) is 2.59. The zero-order chi connectivity index (χ0) is 10.9. The van der Waals surface area contributed by atoms with Gasteiger partial charge in [0, 0.05) is 13.0 Å². The summed E-state index contributed by atoms with van der Waals surface area (Å²) in [7, 11) is 0. The molecular formula is C12H24O3. The molecule has 1 heterocycles. The minimum atomic E-state index is -0.0276. The summed E-state index contributed by atoms with van der Waals surface area (Å²) < 4.78 is 16.5. The van der Waals surface area contributed by atoms with Gasteiger partial charge < -0.3 is 14.2 Å². The standard InChI is InChI=1S/C12H24O3/c1-3-5-11(2)10-13-9-6-12-14-7-4-8-15-12/h11-12H,3-10H2,1-2H3. The van der Waals surface area contributed by atoms with Gasteiger partial charge in [0.1, 0.15) is 0 Å². The summed E-state index contributed by atoms with van der Waals surface area (Å²) in [5.74, 6) is 0.670. The first-order chi connectivity index (χ1) is 7.33. The van der Waals surface area contributed by atoms with Crippen molar-refractivity contribution in [2.75, 3.05) is 26.4 Å². The third-order valence-electron chi connectivity index (χ3n) is 2.58. The van der Waals surface area contributed by atoms with Crippen LogP contribution in [0.2, 0.25) is 0 Å². The average molecular weight is 216 g/mol. The molecule has 15 heavy (non-hydrogen) atoms. The van der Waals surface area contributed by atoms with Crippen LogP contribution in [0.15, 0.2) is 0 Å². The molecule has 90 valence electrons. The summed E-state index contributed by atoms with van der Waals surface area (Å²) in [6, 6.07) is 0. The summed E-state index contributed by atoms with van der Waals surface area (Å²) in [6.45, 7) is 7.71. The molecule has 0 spiro atoms. The van der Waals surface area contributed by atoms with E-state index in [2.05, 4.69) is 13.8 Å². The van der Waals surface area contributed by atoms with Crippen LogP contribution < -0.4 is 0 Å². The molecule has 3 nitrogen and oxygen atoms in total.